The van der Waals surface area contributed by atoms with Gasteiger partial charge < -0.3 is 10.2 Å². The zero-order valence-corrected chi connectivity index (χ0v) is 24.3. The number of halogens is 4. The second-order valence-electron chi connectivity index (χ2n) is 9.95. The van der Waals surface area contributed by atoms with Crippen molar-refractivity contribution in [3.63, 3.8) is 0 Å². The highest BCUT2D eigenvalue weighted by Crippen LogP contribution is 2.32. The van der Waals surface area contributed by atoms with E-state index in [-0.39, 0.29) is 23.7 Å². The molecular formula is C30H33F4N3O4S. The Hall–Kier alpha value is -3.93. The van der Waals surface area contributed by atoms with E-state index >= 15 is 0 Å². The minimum atomic E-state index is -4.76. The Bertz CT molecular complexity index is 1480. The van der Waals surface area contributed by atoms with Crippen molar-refractivity contribution in [2.24, 2.45) is 0 Å². The van der Waals surface area contributed by atoms with Crippen molar-refractivity contribution in [1.82, 2.24) is 10.2 Å². The molecule has 2 unspecified atom stereocenters. The second kappa shape index (κ2) is 13.8. The van der Waals surface area contributed by atoms with Gasteiger partial charge in [0.05, 0.1) is 17.5 Å². The third-order valence-corrected chi connectivity index (χ3v) is 7.85. The summed E-state index contributed by atoms with van der Waals surface area (Å²) >= 11 is 0. The lowest BCUT2D eigenvalue weighted by molar-refractivity contribution is -0.140. The summed E-state index contributed by atoms with van der Waals surface area (Å²) < 4.78 is 81.1. The van der Waals surface area contributed by atoms with Crippen LogP contribution in [0.3, 0.4) is 0 Å². The van der Waals surface area contributed by atoms with Crippen LogP contribution in [-0.4, -0.2) is 50.0 Å². The van der Waals surface area contributed by atoms with Crippen LogP contribution >= 0.6 is 0 Å². The Morgan fingerprint density at radius 3 is 2.19 bits per heavy atom. The van der Waals surface area contributed by atoms with Gasteiger partial charge in [-0.25, -0.2) is 12.8 Å². The van der Waals surface area contributed by atoms with Crippen LogP contribution in [0.2, 0.25) is 0 Å². The lowest BCUT2D eigenvalue weighted by atomic mass is 10.0. The number of carbonyl (C=O) groups excluding carboxylic acids is 2. The number of hydrogen-bond donors (Lipinski definition) is 1. The highest BCUT2D eigenvalue weighted by atomic mass is 32.2. The first-order valence-corrected chi connectivity index (χ1v) is 15.1. The zero-order chi connectivity index (χ0) is 31.1. The van der Waals surface area contributed by atoms with E-state index in [9.17, 15) is 35.6 Å². The average molecular weight is 608 g/mol. The van der Waals surface area contributed by atoms with Crippen LogP contribution < -0.4 is 9.62 Å². The molecule has 3 rings (SSSR count). The van der Waals surface area contributed by atoms with Crippen molar-refractivity contribution in [3.05, 3.63) is 101 Å². The van der Waals surface area contributed by atoms with Gasteiger partial charge in [-0.15, -0.1) is 0 Å². The molecule has 3 aromatic rings. The maximum absolute atomic E-state index is 14.8. The molecule has 3 aromatic carbocycles. The SMILES string of the molecule is CCC(C)NC(=O)C(Cc1ccccc1)N(Cc1ccccc1F)C(=O)CN(c1cccc(C(F)(F)F)c1)S(C)(=O)=O. The quantitative estimate of drug-likeness (QED) is 0.288. The van der Waals surface area contributed by atoms with Crippen molar-refractivity contribution in [3.8, 4) is 0 Å². The highest BCUT2D eigenvalue weighted by molar-refractivity contribution is 7.92. The van der Waals surface area contributed by atoms with Crippen LogP contribution in [0.4, 0.5) is 23.2 Å². The van der Waals surface area contributed by atoms with Crippen LogP contribution in [0.15, 0.2) is 78.9 Å². The molecule has 0 aromatic heterocycles. The van der Waals surface area contributed by atoms with Crippen molar-refractivity contribution in [2.45, 2.75) is 51.5 Å². The van der Waals surface area contributed by atoms with E-state index in [0.29, 0.717) is 22.4 Å². The smallest absolute Gasteiger partial charge is 0.352 e. The molecule has 0 bridgehead atoms. The first-order chi connectivity index (χ1) is 19.7. The average Bonchev–Trinajstić information content (AvgIpc) is 2.93. The molecule has 1 N–H and O–H groups in total. The fourth-order valence-corrected chi connectivity index (χ4v) is 5.10. The van der Waals surface area contributed by atoms with E-state index in [4.69, 9.17) is 0 Å². The van der Waals surface area contributed by atoms with Crippen molar-refractivity contribution in [2.75, 3.05) is 17.1 Å². The number of hydrogen-bond acceptors (Lipinski definition) is 4. The number of carbonyl (C=O) groups is 2. The summed E-state index contributed by atoms with van der Waals surface area (Å²) in [6, 6.07) is 16.5. The number of nitrogens with one attached hydrogen (secondary N) is 1. The van der Waals surface area contributed by atoms with Gasteiger partial charge in [-0.1, -0.05) is 61.5 Å². The summed E-state index contributed by atoms with van der Waals surface area (Å²) in [6.45, 7) is 2.33. The molecule has 0 aliphatic heterocycles. The van der Waals surface area contributed by atoms with Gasteiger partial charge in [-0.2, -0.15) is 13.2 Å². The molecular weight excluding hydrogens is 574 g/mol. The molecule has 42 heavy (non-hydrogen) atoms. The van der Waals surface area contributed by atoms with Gasteiger partial charge in [0.25, 0.3) is 0 Å². The maximum atomic E-state index is 14.8. The van der Waals surface area contributed by atoms with Gasteiger partial charge in [0, 0.05) is 24.6 Å². The lowest BCUT2D eigenvalue weighted by Gasteiger charge is -2.34. The van der Waals surface area contributed by atoms with Crippen LogP contribution in [-0.2, 0) is 38.8 Å². The van der Waals surface area contributed by atoms with Crippen molar-refractivity contribution < 1.29 is 35.6 Å². The van der Waals surface area contributed by atoms with Crippen molar-refractivity contribution in [1.29, 1.82) is 0 Å². The van der Waals surface area contributed by atoms with Gasteiger partial charge in [-0.3, -0.25) is 13.9 Å². The molecule has 0 saturated heterocycles. The lowest BCUT2D eigenvalue weighted by Crippen LogP contribution is -2.54. The first kappa shape index (κ1) is 32.6. The molecule has 0 heterocycles. The number of nitrogens with zero attached hydrogens (tertiary/aromatic N) is 2. The Balaban J connectivity index is 2.10. The highest BCUT2D eigenvalue weighted by Gasteiger charge is 2.35. The van der Waals surface area contributed by atoms with Crippen LogP contribution in [0, 0.1) is 5.82 Å². The Morgan fingerprint density at radius 1 is 0.952 bits per heavy atom. The molecule has 2 atom stereocenters. The summed E-state index contributed by atoms with van der Waals surface area (Å²) in [5, 5.41) is 2.84. The molecule has 0 spiro atoms. The monoisotopic (exact) mass is 607 g/mol. The van der Waals surface area contributed by atoms with Gasteiger partial charge >= 0.3 is 6.18 Å². The summed E-state index contributed by atoms with van der Waals surface area (Å²) in [4.78, 5) is 28.6. The summed E-state index contributed by atoms with van der Waals surface area (Å²) in [7, 11) is -4.27. The third-order valence-electron chi connectivity index (χ3n) is 6.71. The molecule has 0 saturated carbocycles. The van der Waals surface area contributed by atoms with E-state index in [0.717, 1.165) is 29.4 Å². The fourth-order valence-electron chi connectivity index (χ4n) is 4.26. The van der Waals surface area contributed by atoms with E-state index in [1.165, 1.54) is 18.2 Å². The number of alkyl halides is 3. The zero-order valence-electron chi connectivity index (χ0n) is 23.4. The molecule has 0 radical (unpaired) electrons. The minimum Gasteiger partial charge on any atom is -0.352 e. The van der Waals surface area contributed by atoms with E-state index in [2.05, 4.69) is 5.32 Å². The number of anilines is 1. The van der Waals surface area contributed by atoms with Gasteiger partial charge in [0.1, 0.15) is 18.4 Å². The van der Waals surface area contributed by atoms with Gasteiger partial charge in [-0.05, 0) is 43.2 Å². The number of amides is 2. The van der Waals surface area contributed by atoms with Crippen LogP contribution in [0.25, 0.3) is 0 Å². The predicted octanol–water partition coefficient (Wildman–Crippen LogP) is 5.17. The van der Waals surface area contributed by atoms with E-state index in [1.54, 1.807) is 43.3 Å². The molecule has 226 valence electrons. The molecule has 12 heteroatoms. The van der Waals surface area contributed by atoms with E-state index < -0.39 is 58.5 Å². The molecule has 0 aliphatic rings. The van der Waals surface area contributed by atoms with Crippen molar-refractivity contribution >= 4 is 27.5 Å². The second-order valence-corrected chi connectivity index (χ2v) is 11.9. The molecule has 0 aliphatic carbocycles. The molecule has 0 fully saturated rings. The molecule has 2 amide bonds. The summed E-state index contributed by atoms with van der Waals surface area (Å²) in [5.74, 6) is -2.09. The van der Waals surface area contributed by atoms with Gasteiger partial charge in [0.2, 0.25) is 21.8 Å². The van der Waals surface area contributed by atoms with E-state index in [1.807, 2.05) is 6.92 Å². The minimum absolute atomic E-state index is 0.0196. The fraction of sp³-hybridized carbons (Fsp3) is 0.333. The van der Waals surface area contributed by atoms with Crippen LogP contribution in [0.5, 0.6) is 0 Å². The Kier molecular flexibility index (Phi) is 10.7. The third kappa shape index (κ3) is 8.78. The predicted molar refractivity (Wildman–Crippen MR) is 152 cm³/mol. The van der Waals surface area contributed by atoms with Gasteiger partial charge in [0.15, 0.2) is 0 Å². The summed E-state index contributed by atoms with van der Waals surface area (Å²) in [5.41, 5.74) is -0.717. The molecule has 7 nitrogen and oxygen atoms in total. The largest absolute Gasteiger partial charge is 0.416 e. The standard InChI is InChI=1S/C30H33F4N3O4S/c1-4-21(2)35-29(39)27(17-22-11-6-5-7-12-22)36(19-23-13-8-9-16-26(23)31)28(38)20-37(42(3,40)41)25-15-10-14-24(18-25)30(32,33)34/h5-16,18,21,27H,4,17,19-20H2,1-3H3,(H,35,39). The summed E-state index contributed by atoms with van der Waals surface area (Å²) in [6.07, 6.45) is -3.39. The maximum Gasteiger partial charge on any atom is 0.416 e. The Labute approximate surface area is 243 Å². The Morgan fingerprint density at radius 2 is 1.60 bits per heavy atom. The number of rotatable bonds is 12. The van der Waals surface area contributed by atoms with Crippen LogP contribution in [0.1, 0.15) is 37.0 Å². The normalized spacial score (nSPS) is 13.2. The number of benzene rings is 3. The first-order valence-electron chi connectivity index (χ1n) is 13.2. The number of sulfonamides is 1. The topological polar surface area (TPSA) is 86.8 Å².